The lowest BCUT2D eigenvalue weighted by molar-refractivity contribution is 0.0319. The number of benzene rings is 1. The Balaban J connectivity index is 1.60. The highest BCUT2D eigenvalue weighted by Gasteiger charge is 2.28. The Labute approximate surface area is 221 Å². The van der Waals surface area contributed by atoms with Crippen molar-refractivity contribution >= 4 is 38.7 Å². The van der Waals surface area contributed by atoms with Gasteiger partial charge in [-0.1, -0.05) is 35.9 Å². The van der Waals surface area contributed by atoms with Crippen LogP contribution in [0, 0.1) is 0 Å². The molecular formula is C25H31ClN4O4S2. The van der Waals surface area contributed by atoms with Gasteiger partial charge in [0.1, 0.15) is 0 Å². The van der Waals surface area contributed by atoms with Crippen LogP contribution in [0.5, 0.6) is 0 Å². The number of sulfone groups is 1. The Hall–Kier alpha value is -2.24. The number of ether oxygens (including phenoxy) is 1. The molecule has 194 valence electrons. The molecule has 0 radical (unpaired) electrons. The van der Waals surface area contributed by atoms with Gasteiger partial charge in [-0.3, -0.25) is 9.69 Å². The number of aromatic nitrogens is 2. The van der Waals surface area contributed by atoms with E-state index in [0.29, 0.717) is 47.5 Å². The maximum atomic E-state index is 13.4. The van der Waals surface area contributed by atoms with Gasteiger partial charge in [-0.2, -0.15) is 0 Å². The normalized spacial score (nSPS) is 14.9. The van der Waals surface area contributed by atoms with Crippen LogP contribution in [0.3, 0.4) is 0 Å². The molecule has 0 unspecified atom stereocenters. The number of morpholine rings is 1. The standard InChI is InChI=1S/C25H31ClN4O4S2/c1-19(2)30-21(16-27-25(30)36(32,33)18-20-6-3-4-7-22(20)26)17-29(24(31)23-8-5-15-35-23)10-9-28-11-13-34-14-12-28/h3-8,15-16,19H,9-14,17-18H2,1-2H3. The minimum Gasteiger partial charge on any atom is -0.379 e. The van der Waals surface area contributed by atoms with Gasteiger partial charge in [0.25, 0.3) is 5.91 Å². The van der Waals surface area contributed by atoms with Crippen molar-refractivity contribution in [3.8, 4) is 0 Å². The van der Waals surface area contributed by atoms with Crippen LogP contribution < -0.4 is 0 Å². The van der Waals surface area contributed by atoms with Gasteiger partial charge < -0.3 is 14.2 Å². The van der Waals surface area contributed by atoms with Gasteiger partial charge in [-0.25, -0.2) is 13.4 Å². The van der Waals surface area contributed by atoms with Crippen molar-refractivity contribution in [2.45, 2.75) is 37.3 Å². The van der Waals surface area contributed by atoms with Crippen molar-refractivity contribution in [3.05, 3.63) is 69.1 Å². The fourth-order valence-electron chi connectivity index (χ4n) is 4.25. The third-order valence-electron chi connectivity index (χ3n) is 6.10. The summed E-state index contributed by atoms with van der Waals surface area (Å²) in [4.78, 5) is 22.4. The summed E-state index contributed by atoms with van der Waals surface area (Å²) in [6.45, 7) is 8.35. The second kappa shape index (κ2) is 11.9. The van der Waals surface area contributed by atoms with Crippen molar-refractivity contribution < 1.29 is 17.9 Å². The minimum atomic E-state index is -3.78. The molecule has 8 nitrogen and oxygen atoms in total. The van der Waals surface area contributed by atoms with E-state index in [1.165, 1.54) is 11.3 Å². The van der Waals surface area contributed by atoms with Crippen LogP contribution in [0.2, 0.25) is 5.02 Å². The summed E-state index contributed by atoms with van der Waals surface area (Å²) < 4.78 is 33.9. The molecule has 1 aliphatic heterocycles. The summed E-state index contributed by atoms with van der Waals surface area (Å²) in [6.07, 6.45) is 1.57. The predicted octanol–water partition coefficient (Wildman–Crippen LogP) is 4.13. The number of imidazole rings is 1. The molecule has 0 N–H and O–H groups in total. The number of halogens is 1. The van der Waals surface area contributed by atoms with E-state index >= 15 is 0 Å². The second-order valence-corrected chi connectivity index (χ2v) is 12.2. The lowest BCUT2D eigenvalue weighted by Gasteiger charge is -2.30. The van der Waals surface area contributed by atoms with Crippen LogP contribution in [0.15, 0.2) is 53.1 Å². The zero-order valence-corrected chi connectivity index (χ0v) is 22.9. The van der Waals surface area contributed by atoms with E-state index in [0.717, 1.165) is 13.1 Å². The van der Waals surface area contributed by atoms with E-state index in [1.807, 2.05) is 31.4 Å². The van der Waals surface area contributed by atoms with Gasteiger partial charge in [-0.05, 0) is 36.9 Å². The molecule has 0 saturated carbocycles. The van der Waals surface area contributed by atoms with Gasteiger partial charge in [0.15, 0.2) is 0 Å². The fourth-order valence-corrected chi connectivity index (χ4v) is 6.86. The number of carbonyl (C=O) groups is 1. The predicted molar refractivity (Wildman–Crippen MR) is 141 cm³/mol. The highest BCUT2D eigenvalue weighted by molar-refractivity contribution is 7.90. The van der Waals surface area contributed by atoms with Crippen molar-refractivity contribution in [2.24, 2.45) is 0 Å². The Bertz CT molecular complexity index is 1270. The number of nitrogens with zero attached hydrogens (tertiary/aromatic N) is 4. The third-order valence-corrected chi connectivity index (χ3v) is 8.88. The molecule has 0 aliphatic carbocycles. The number of hydrogen-bond donors (Lipinski definition) is 0. The Morgan fingerprint density at radius 1 is 1.19 bits per heavy atom. The summed E-state index contributed by atoms with van der Waals surface area (Å²) in [5.74, 6) is -0.319. The molecule has 1 fully saturated rings. The summed E-state index contributed by atoms with van der Waals surface area (Å²) in [6, 6.07) is 10.4. The molecule has 1 aliphatic rings. The molecule has 0 atom stereocenters. The molecule has 4 rings (SSSR count). The van der Waals surface area contributed by atoms with Crippen molar-refractivity contribution in [1.82, 2.24) is 19.4 Å². The van der Waals surface area contributed by atoms with Crippen molar-refractivity contribution in [1.29, 1.82) is 0 Å². The molecule has 1 amide bonds. The van der Waals surface area contributed by atoms with Crippen LogP contribution in [0.1, 0.15) is 40.8 Å². The minimum absolute atomic E-state index is 0.0101. The summed E-state index contributed by atoms with van der Waals surface area (Å²) >= 11 is 7.63. The molecule has 1 saturated heterocycles. The van der Waals surface area contributed by atoms with E-state index in [-0.39, 0.29) is 29.4 Å². The number of thiophene rings is 1. The topological polar surface area (TPSA) is 84.7 Å². The molecule has 0 spiro atoms. The highest BCUT2D eigenvalue weighted by atomic mass is 35.5. The zero-order valence-electron chi connectivity index (χ0n) is 20.5. The van der Waals surface area contributed by atoms with Crippen LogP contribution in [-0.2, 0) is 26.9 Å². The summed E-state index contributed by atoms with van der Waals surface area (Å²) in [7, 11) is -3.78. The molecular weight excluding hydrogens is 520 g/mol. The van der Waals surface area contributed by atoms with Gasteiger partial charge in [0, 0.05) is 37.2 Å². The van der Waals surface area contributed by atoms with Crippen LogP contribution in [-0.4, -0.2) is 73.1 Å². The SMILES string of the molecule is CC(C)n1c(CN(CCN2CCOCC2)C(=O)c2cccs2)cnc1S(=O)(=O)Cc1ccccc1Cl. The quantitative estimate of drug-likeness (QED) is 0.377. The first kappa shape index (κ1) is 26.8. The van der Waals surface area contributed by atoms with Crippen LogP contribution >= 0.6 is 22.9 Å². The van der Waals surface area contributed by atoms with Gasteiger partial charge in [0.05, 0.1) is 42.3 Å². The molecule has 0 bridgehead atoms. The first-order valence-corrected chi connectivity index (χ1v) is 14.8. The highest BCUT2D eigenvalue weighted by Crippen LogP contribution is 2.26. The lowest BCUT2D eigenvalue weighted by Crippen LogP contribution is -2.43. The van der Waals surface area contributed by atoms with Crippen molar-refractivity contribution in [2.75, 3.05) is 39.4 Å². The molecule has 3 aromatic rings. The molecule has 2 aromatic heterocycles. The van der Waals surface area contributed by atoms with E-state index in [1.54, 1.807) is 39.9 Å². The lowest BCUT2D eigenvalue weighted by atomic mass is 10.2. The Morgan fingerprint density at radius 2 is 1.94 bits per heavy atom. The van der Waals surface area contributed by atoms with Crippen LogP contribution in [0.4, 0.5) is 0 Å². The maximum Gasteiger partial charge on any atom is 0.264 e. The van der Waals surface area contributed by atoms with E-state index < -0.39 is 9.84 Å². The zero-order chi connectivity index (χ0) is 25.7. The van der Waals surface area contributed by atoms with E-state index in [9.17, 15) is 13.2 Å². The third kappa shape index (κ3) is 6.36. The number of amides is 1. The second-order valence-electron chi connectivity index (χ2n) is 9.00. The number of hydrogen-bond acceptors (Lipinski definition) is 7. The van der Waals surface area contributed by atoms with Crippen LogP contribution in [0.25, 0.3) is 0 Å². The molecule has 11 heteroatoms. The summed E-state index contributed by atoms with van der Waals surface area (Å²) in [5, 5.41) is 2.27. The summed E-state index contributed by atoms with van der Waals surface area (Å²) in [5.41, 5.74) is 1.20. The van der Waals surface area contributed by atoms with Gasteiger partial charge in [0.2, 0.25) is 15.0 Å². The number of carbonyl (C=O) groups excluding carboxylic acids is 1. The number of rotatable bonds is 10. The Morgan fingerprint density at radius 3 is 2.61 bits per heavy atom. The monoisotopic (exact) mass is 550 g/mol. The Kier molecular flexibility index (Phi) is 8.84. The fraction of sp³-hybridized carbons (Fsp3) is 0.440. The molecule has 1 aromatic carbocycles. The maximum absolute atomic E-state index is 13.4. The largest absolute Gasteiger partial charge is 0.379 e. The molecule has 3 heterocycles. The smallest absolute Gasteiger partial charge is 0.264 e. The van der Waals surface area contributed by atoms with Gasteiger partial charge in [-0.15, -0.1) is 11.3 Å². The average molecular weight is 551 g/mol. The average Bonchev–Trinajstić information content (AvgIpc) is 3.54. The van der Waals surface area contributed by atoms with E-state index in [4.69, 9.17) is 16.3 Å². The van der Waals surface area contributed by atoms with Gasteiger partial charge >= 0.3 is 0 Å². The molecule has 36 heavy (non-hydrogen) atoms. The first-order chi connectivity index (χ1) is 17.3. The first-order valence-electron chi connectivity index (χ1n) is 11.9. The van der Waals surface area contributed by atoms with Crippen molar-refractivity contribution in [3.63, 3.8) is 0 Å². The van der Waals surface area contributed by atoms with E-state index in [2.05, 4.69) is 9.88 Å².